The van der Waals surface area contributed by atoms with Crippen LogP contribution in [-0.2, 0) is 4.74 Å². The van der Waals surface area contributed by atoms with Crippen molar-refractivity contribution >= 4 is 0 Å². The molecule has 2 rings (SSSR count). The Morgan fingerprint density at radius 2 is 1.81 bits per heavy atom. The van der Waals surface area contributed by atoms with Crippen molar-refractivity contribution in [2.24, 2.45) is 0 Å². The maximum Gasteiger partial charge on any atom is 0.123 e. The van der Waals surface area contributed by atoms with E-state index in [1.54, 1.807) is 0 Å². The molecule has 0 aliphatic heterocycles. The second-order valence-electron chi connectivity index (χ2n) is 5.99. The number of ether oxygens (including phenoxy) is 1. The standard InChI is InChI=1S/C18H28FNO/c1-2-13-20-14-18(15-9-11-16(19)12-10-15)21-17-7-5-3-4-6-8-17/h9-12,17-18,20H,2-8,13-14H2,1H3. The summed E-state index contributed by atoms with van der Waals surface area (Å²) in [7, 11) is 0. The summed E-state index contributed by atoms with van der Waals surface area (Å²) in [6, 6.07) is 6.76. The molecule has 0 aromatic heterocycles. The van der Waals surface area contributed by atoms with Gasteiger partial charge < -0.3 is 10.1 Å². The van der Waals surface area contributed by atoms with Gasteiger partial charge in [0.25, 0.3) is 0 Å². The molecule has 0 amide bonds. The average molecular weight is 293 g/mol. The molecule has 3 heteroatoms. The molecule has 0 heterocycles. The Hall–Kier alpha value is -0.930. The summed E-state index contributed by atoms with van der Waals surface area (Å²) in [5.41, 5.74) is 1.07. The lowest BCUT2D eigenvalue weighted by atomic mass is 10.1. The zero-order valence-electron chi connectivity index (χ0n) is 13.1. The van der Waals surface area contributed by atoms with Gasteiger partial charge in [0.05, 0.1) is 12.2 Å². The highest BCUT2D eigenvalue weighted by Gasteiger charge is 2.19. The van der Waals surface area contributed by atoms with Gasteiger partial charge in [-0.15, -0.1) is 0 Å². The van der Waals surface area contributed by atoms with E-state index in [0.717, 1.165) is 37.9 Å². The zero-order valence-corrected chi connectivity index (χ0v) is 13.1. The fourth-order valence-corrected chi connectivity index (χ4v) is 2.94. The Labute approximate surface area is 128 Å². The van der Waals surface area contributed by atoms with E-state index in [9.17, 15) is 4.39 Å². The summed E-state index contributed by atoms with van der Waals surface area (Å²) in [5, 5.41) is 3.43. The third-order valence-electron chi connectivity index (χ3n) is 4.16. The lowest BCUT2D eigenvalue weighted by molar-refractivity contribution is -0.0200. The molecule has 1 N–H and O–H groups in total. The van der Waals surface area contributed by atoms with Crippen molar-refractivity contribution in [2.75, 3.05) is 13.1 Å². The number of hydrogen-bond acceptors (Lipinski definition) is 2. The highest BCUT2D eigenvalue weighted by Crippen LogP contribution is 2.26. The predicted molar refractivity (Wildman–Crippen MR) is 84.9 cm³/mol. The number of benzene rings is 1. The molecule has 1 saturated carbocycles. The molecule has 1 aromatic rings. The van der Waals surface area contributed by atoms with E-state index in [1.807, 2.05) is 12.1 Å². The van der Waals surface area contributed by atoms with Crippen LogP contribution >= 0.6 is 0 Å². The Morgan fingerprint density at radius 1 is 1.14 bits per heavy atom. The minimum Gasteiger partial charge on any atom is -0.369 e. The van der Waals surface area contributed by atoms with Crippen LogP contribution < -0.4 is 5.32 Å². The predicted octanol–water partition coefficient (Wildman–Crippen LogP) is 4.61. The normalized spacial score (nSPS) is 18.4. The number of rotatable bonds is 7. The highest BCUT2D eigenvalue weighted by molar-refractivity contribution is 5.19. The zero-order chi connectivity index (χ0) is 14.9. The number of hydrogen-bond donors (Lipinski definition) is 1. The van der Waals surface area contributed by atoms with Crippen molar-refractivity contribution in [3.8, 4) is 0 Å². The van der Waals surface area contributed by atoms with Crippen LogP contribution in [0.25, 0.3) is 0 Å². The molecule has 1 aliphatic rings. The second kappa shape index (κ2) is 9.16. The van der Waals surface area contributed by atoms with Gasteiger partial charge in [-0.1, -0.05) is 44.7 Å². The minimum absolute atomic E-state index is 0.0280. The Bertz CT molecular complexity index is 385. The van der Waals surface area contributed by atoms with Crippen LogP contribution in [0.1, 0.15) is 63.5 Å². The minimum atomic E-state index is -0.187. The molecule has 2 nitrogen and oxygen atoms in total. The molecule has 1 aromatic carbocycles. The van der Waals surface area contributed by atoms with Crippen molar-refractivity contribution in [1.29, 1.82) is 0 Å². The molecule has 1 fully saturated rings. The fourth-order valence-electron chi connectivity index (χ4n) is 2.94. The summed E-state index contributed by atoms with van der Waals surface area (Å²) in [4.78, 5) is 0. The van der Waals surface area contributed by atoms with Gasteiger partial charge in [-0.2, -0.15) is 0 Å². The van der Waals surface area contributed by atoms with Crippen LogP contribution in [0.2, 0.25) is 0 Å². The molecular formula is C18H28FNO. The van der Waals surface area contributed by atoms with Crippen LogP contribution in [0.5, 0.6) is 0 Å². The summed E-state index contributed by atoms with van der Waals surface area (Å²) in [6.07, 6.45) is 9.00. The van der Waals surface area contributed by atoms with Gasteiger partial charge in [0, 0.05) is 6.54 Å². The van der Waals surface area contributed by atoms with E-state index in [1.165, 1.54) is 37.8 Å². The third kappa shape index (κ3) is 5.76. The van der Waals surface area contributed by atoms with Gasteiger partial charge in [-0.05, 0) is 43.5 Å². The smallest absolute Gasteiger partial charge is 0.123 e. The highest BCUT2D eigenvalue weighted by atomic mass is 19.1. The first kappa shape index (κ1) is 16.4. The first-order valence-corrected chi connectivity index (χ1v) is 8.41. The molecule has 21 heavy (non-hydrogen) atoms. The Balaban J connectivity index is 1.98. The second-order valence-corrected chi connectivity index (χ2v) is 5.99. The fraction of sp³-hybridized carbons (Fsp3) is 0.667. The van der Waals surface area contributed by atoms with Crippen molar-refractivity contribution in [2.45, 2.75) is 64.1 Å². The lowest BCUT2D eigenvalue weighted by Gasteiger charge is -2.25. The molecule has 0 spiro atoms. The first-order chi connectivity index (χ1) is 10.3. The van der Waals surface area contributed by atoms with E-state index < -0.39 is 0 Å². The van der Waals surface area contributed by atoms with Gasteiger partial charge in [0.2, 0.25) is 0 Å². The van der Waals surface area contributed by atoms with Crippen LogP contribution in [-0.4, -0.2) is 19.2 Å². The molecule has 0 radical (unpaired) electrons. The van der Waals surface area contributed by atoms with E-state index >= 15 is 0 Å². The summed E-state index contributed by atoms with van der Waals surface area (Å²) < 4.78 is 19.5. The molecule has 0 saturated heterocycles. The molecule has 1 atom stereocenters. The van der Waals surface area contributed by atoms with Crippen molar-refractivity contribution in [1.82, 2.24) is 5.32 Å². The Morgan fingerprint density at radius 3 is 2.43 bits per heavy atom. The van der Waals surface area contributed by atoms with Crippen LogP contribution in [0.15, 0.2) is 24.3 Å². The Kier molecular flexibility index (Phi) is 7.17. The van der Waals surface area contributed by atoms with Crippen molar-refractivity contribution in [3.05, 3.63) is 35.6 Å². The topological polar surface area (TPSA) is 21.3 Å². The van der Waals surface area contributed by atoms with E-state index in [0.29, 0.717) is 6.10 Å². The maximum absolute atomic E-state index is 13.1. The van der Waals surface area contributed by atoms with Crippen LogP contribution in [0, 0.1) is 5.82 Å². The van der Waals surface area contributed by atoms with Gasteiger partial charge in [0.1, 0.15) is 5.82 Å². The van der Waals surface area contributed by atoms with Gasteiger partial charge in [-0.25, -0.2) is 4.39 Å². The largest absolute Gasteiger partial charge is 0.369 e. The molecule has 0 bridgehead atoms. The van der Waals surface area contributed by atoms with Gasteiger partial charge in [0.15, 0.2) is 0 Å². The average Bonchev–Trinajstić information content (AvgIpc) is 2.76. The third-order valence-corrected chi connectivity index (χ3v) is 4.16. The van der Waals surface area contributed by atoms with E-state index in [4.69, 9.17) is 4.74 Å². The number of halogens is 1. The molecule has 1 aliphatic carbocycles. The summed E-state index contributed by atoms with van der Waals surface area (Å²) in [6.45, 7) is 3.95. The lowest BCUT2D eigenvalue weighted by Crippen LogP contribution is -2.27. The summed E-state index contributed by atoms with van der Waals surface area (Å²) in [5.74, 6) is -0.187. The quantitative estimate of drug-likeness (QED) is 0.585. The molecular weight excluding hydrogens is 265 g/mol. The molecule has 118 valence electrons. The van der Waals surface area contributed by atoms with Crippen molar-refractivity contribution < 1.29 is 9.13 Å². The van der Waals surface area contributed by atoms with E-state index in [2.05, 4.69) is 12.2 Å². The van der Waals surface area contributed by atoms with E-state index in [-0.39, 0.29) is 11.9 Å². The van der Waals surface area contributed by atoms with Crippen LogP contribution in [0.3, 0.4) is 0 Å². The summed E-state index contributed by atoms with van der Waals surface area (Å²) >= 11 is 0. The SMILES string of the molecule is CCCNCC(OC1CCCCCC1)c1ccc(F)cc1. The maximum atomic E-state index is 13.1. The van der Waals surface area contributed by atoms with Gasteiger partial charge in [-0.3, -0.25) is 0 Å². The first-order valence-electron chi connectivity index (χ1n) is 8.41. The van der Waals surface area contributed by atoms with Gasteiger partial charge >= 0.3 is 0 Å². The molecule has 1 unspecified atom stereocenters. The number of nitrogens with one attached hydrogen (secondary N) is 1. The van der Waals surface area contributed by atoms with Crippen molar-refractivity contribution in [3.63, 3.8) is 0 Å². The monoisotopic (exact) mass is 293 g/mol. The van der Waals surface area contributed by atoms with Crippen LogP contribution in [0.4, 0.5) is 4.39 Å².